The molecule has 3 aromatic carbocycles. The van der Waals surface area contributed by atoms with Crippen LogP contribution in [0.25, 0.3) is 0 Å². The average molecular weight is 598 g/mol. The molecule has 0 saturated carbocycles. The third kappa shape index (κ3) is 8.65. The van der Waals surface area contributed by atoms with Crippen molar-refractivity contribution in [1.29, 1.82) is 0 Å². The van der Waals surface area contributed by atoms with E-state index in [1.54, 1.807) is 18.2 Å². The first kappa shape index (κ1) is 30.4. The summed E-state index contributed by atoms with van der Waals surface area (Å²) in [5.41, 5.74) is 2.31. The third-order valence-electron chi connectivity index (χ3n) is 6.72. The highest BCUT2D eigenvalue weighted by Crippen LogP contribution is 2.31. The Morgan fingerprint density at radius 3 is 2.31 bits per heavy atom. The molecule has 0 saturated heterocycles. The molecule has 0 aliphatic rings. The molecular formula is C32H38BrFN2O3. The smallest absolute Gasteiger partial charge is 0.261 e. The van der Waals surface area contributed by atoms with Gasteiger partial charge in [0.2, 0.25) is 5.91 Å². The van der Waals surface area contributed by atoms with E-state index in [4.69, 9.17) is 4.74 Å². The van der Waals surface area contributed by atoms with Gasteiger partial charge in [0.15, 0.2) is 6.61 Å². The van der Waals surface area contributed by atoms with Gasteiger partial charge in [-0.15, -0.1) is 0 Å². The van der Waals surface area contributed by atoms with Crippen LogP contribution in [0.15, 0.2) is 77.3 Å². The van der Waals surface area contributed by atoms with E-state index in [1.807, 2.05) is 62.4 Å². The molecule has 3 aromatic rings. The molecule has 0 aromatic heterocycles. The van der Waals surface area contributed by atoms with Gasteiger partial charge in [0, 0.05) is 24.6 Å². The summed E-state index contributed by atoms with van der Waals surface area (Å²) in [5.74, 6) is -0.609. The monoisotopic (exact) mass is 596 g/mol. The Kier molecular flexibility index (Phi) is 10.7. The Hall–Kier alpha value is -3.19. The molecule has 0 bridgehead atoms. The fraction of sp³-hybridized carbons (Fsp3) is 0.375. The summed E-state index contributed by atoms with van der Waals surface area (Å²) in [6.07, 6.45) is 1.03. The average Bonchev–Trinajstić information content (AvgIpc) is 2.90. The van der Waals surface area contributed by atoms with Crippen LogP contribution in [0.1, 0.15) is 57.7 Å². The summed E-state index contributed by atoms with van der Waals surface area (Å²) in [6.45, 7) is 9.90. The SMILES string of the molecule is CC[C@H](C)NC(=O)[C@H](Cc1ccccc1)N(Cc1ccccc1F)C(=O)COc1ccc(C(C)(C)C)cc1Br. The van der Waals surface area contributed by atoms with Gasteiger partial charge >= 0.3 is 0 Å². The molecule has 2 atom stereocenters. The second kappa shape index (κ2) is 13.7. The topological polar surface area (TPSA) is 58.6 Å². The van der Waals surface area contributed by atoms with Gasteiger partial charge in [-0.3, -0.25) is 9.59 Å². The van der Waals surface area contributed by atoms with Crippen molar-refractivity contribution in [2.45, 2.75) is 71.5 Å². The highest BCUT2D eigenvalue weighted by atomic mass is 79.9. The Labute approximate surface area is 239 Å². The number of hydrogen-bond acceptors (Lipinski definition) is 3. The molecule has 0 unspecified atom stereocenters. The van der Waals surface area contributed by atoms with Crippen molar-refractivity contribution in [3.05, 3.63) is 99.8 Å². The lowest BCUT2D eigenvalue weighted by molar-refractivity contribution is -0.143. The van der Waals surface area contributed by atoms with Crippen molar-refractivity contribution in [2.75, 3.05) is 6.61 Å². The van der Waals surface area contributed by atoms with Gasteiger partial charge in [-0.05, 0) is 64.0 Å². The van der Waals surface area contributed by atoms with Crippen LogP contribution < -0.4 is 10.1 Å². The minimum atomic E-state index is -0.858. The van der Waals surface area contributed by atoms with Crippen molar-refractivity contribution in [3.63, 3.8) is 0 Å². The van der Waals surface area contributed by atoms with Crippen LogP contribution in [0, 0.1) is 5.82 Å². The van der Waals surface area contributed by atoms with Gasteiger partial charge in [-0.25, -0.2) is 4.39 Å². The summed E-state index contributed by atoms with van der Waals surface area (Å²) in [4.78, 5) is 28.7. The van der Waals surface area contributed by atoms with E-state index in [-0.39, 0.29) is 36.9 Å². The third-order valence-corrected chi connectivity index (χ3v) is 7.34. The Balaban J connectivity index is 1.93. The zero-order chi connectivity index (χ0) is 28.6. The second-order valence-corrected chi connectivity index (χ2v) is 11.7. The van der Waals surface area contributed by atoms with E-state index in [9.17, 15) is 14.0 Å². The lowest BCUT2D eigenvalue weighted by atomic mass is 9.87. The number of rotatable bonds is 11. The Morgan fingerprint density at radius 1 is 1.03 bits per heavy atom. The molecule has 0 heterocycles. The van der Waals surface area contributed by atoms with Crippen LogP contribution in [0.5, 0.6) is 5.75 Å². The summed E-state index contributed by atoms with van der Waals surface area (Å²) in [7, 11) is 0. The number of hydrogen-bond donors (Lipinski definition) is 1. The predicted octanol–water partition coefficient (Wildman–Crippen LogP) is 6.82. The first-order valence-corrected chi connectivity index (χ1v) is 14.1. The second-order valence-electron chi connectivity index (χ2n) is 10.8. The van der Waals surface area contributed by atoms with Gasteiger partial charge < -0.3 is 15.0 Å². The molecular weight excluding hydrogens is 559 g/mol. The van der Waals surface area contributed by atoms with Gasteiger partial charge in [-0.1, -0.05) is 82.3 Å². The van der Waals surface area contributed by atoms with E-state index in [2.05, 4.69) is 42.0 Å². The molecule has 1 N–H and O–H groups in total. The lowest BCUT2D eigenvalue weighted by Gasteiger charge is -2.32. The van der Waals surface area contributed by atoms with E-state index in [1.165, 1.54) is 11.0 Å². The molecule has 7 heteroatoms. The van der Waals surface area contributed by atoms with Gasteiger partial charge in [0.1, 0.15) is 17.6 Å². The van der Waals surface area contributed by atoms with Crippen molar-refractivity contribution in [3.8, 4) is 5.75 Å². The summed E-state index contributed by atoms with van der Waals surface area (Å²) < 4.78 is 21.4. The number of nitrogens with one attached hydrogen (secondary N) is 1. The number of nitrogens with zero attached hydrogens (tertiary/aromatic N) is 1. The molecule has 5 nitrogen and oxygen atoms in total. The summed E-state index contributed by atoms with van der Waals surface area (Å²) in [6, 6.07) is 20.7. The number of ether oxygens (including phenoxy) is 1. The quantitative estimate of drug-likeness (QED) is 0.264. The zero-order valence-corrected chi connectivity index (χ0v) is 24.9. The molecule has 0 aliphatic heterocycles. The molecule has 2 amide bonds. The van der Waals surface area contributed by atoms with Crippen molar-refractivity contribution in [1.82, 2.24) is 10.2 Å². The van der Waals surface area contributed by atoms with E-state index >= 15 is 0 Å². The highest BCUT2D eigenvalue weighted by molar-refractivity contribution is 9.10. The first-order chi connectivity index (χ1) is 18.5. The van der Waals surface area contributed by atoms with Gasteiger partial charge in [0.25, 0.3) is 5.91 Å². The van der Waals surface area contributed by atoms with Crippen molar-refractivity contribution in [2.24, 2.45) is 0 Å². The molecule has 39 heavy (non-hydrogen) atoms. The van der Waals surface area contributed by atoms with Crippen LogP contribution in [0.2, 0.25) is 0 Å². The minimum Gasteiger partial charge on any atom is -0.483 e. The van der Waals surface area contributed by atoms with Crippen LogP contribution in [-0.2, 0) is 28.0 Å². The fourth-order valence-electron chi connectivity index (χ4n) is 4.11. The number of carbonyl (C=O) groups excluding carboxylic acids is 2. The number of benzene rings is 3. The van der Waals surface area contributed by atoms with E-state index < -0.39 is 17.8 Å². The summed E-state index contributed by atoms with van der Waals surface area (Å²) in [5, 5.41) is 3.01. The van der Waals surface area contributed by atoms with Crippen LogP contribution in [-0.4, -0.2) is 35.4 Å². The van der Waals surface area contributed by atoms with Crippen molar-refractivity contribution < 1.29 is 18.7 Å². The molecule has 208 valence electrons. The largest absolute Gasteiger partial charge is 0.483 e. The first-order valence-electron chi connectivity index (χ1n) is 13.3. The van der Waals surface area contributed by atoms with Crippen molar-refractivity contribution >= 4 is 27.7 Å². The highest BCUT2D eigenvalue weighted by Gasteiger charge is 2.32. The van der Waals surface area contributed by atoms with Crippen LogP contribution in [0.4, 0.5) is 4.39 Å². The van der Waals surface area contributed by atoms with Gasteiger partial charge in [-0.2, -0.15) is 0 Å². The molecule has 0 spiro atoms. The number of carbonyl (C=O) groups is 2. The normalized spacial score (nSPS) is 12.9. The summed E-state index contributed by atoms with van der Waals surface area (Å²) >= 11 is 3.56. The molecule has 0 fully saturated rings. The molecule has 0 aliphatic carbocycles. The maximum absolute atomic E-state index is 14.7. The van der Waals surface area contributed by atoms with Crippen LogP contribution in [0.3, 0.4) is 0 Å². The maximum atomic E-state index is 14.7. The fourth-order valence-corrected chi connectivity index (χ4v) is 4.61. The number of amides is 2. The van der Waals surface area contributed by atoms with E-state index in [0.717, 1.165) is 22.0 Å². The van der Waals surface area contributed by atoms with Crippen LogP contribution >= 0.6 is 15.9 Å². The number of halogens is 2. The predicted molar refractivity (Wildman–Crippen MR) is 157 cm³/mol. The minimum absolute atomic E-state index is 0.0406. The Morgan fingerprint density at radius 2 is 1.69 bits per heavy atom. The van der Waals surface area contributed by atoms with Gasteiger partial charge in [0.05, 0.1) is 4.47 Å². The van der Waals surface area contributed by atoms with E-state index in [0.29, 0.717) is 11.3 Å². The lowest BCUT2D eigenvalue weighted by Crippen LogP contribution is -2.53. The maximum Gasteiger partial charge on any atom is 0.261 e. The zero-order valence-electron chi connectivity index (χ0n) is 23.3. The Bertz CT molecular complexity index is 1260. The standard InChI is InChI=1S/C32H38BrFN2O3/c1-6-22(2)35-31(38)28(18-23-12-8-7-9-13-23)36(20-24-14-10-11-15-27(24)34)30(37)21-39-29-17-16-25(19-26(29)33)32(3,4)5/h7-17,19,22,28H,6,18,20-21H2,1-5H3,(H,35,38)/t22-,28-/m0/s1. The molecule has 3 rings (SSSR count). The molecule has 0 radical (unpaired) electrons.